The van der Waals surface area contributed by atoms with Crippen LogP contribution in [0, 0.1) is 0 Å². The first kappa shape index (κ1) is 37.5. The first-order chi connectivity index (χ1) is 19.1. The lowest BCUT2D eigenvalue weighted by Crippen LogP contribution is -2.41. The molecule has 1 atom stereocenters. The Morgan fingerprint density at radius 1 is 0.659 bits per heavy atom. The second-order valence-corrected chi connectivity index (χ2v) is 10.2. The maximum Gasteiger partial charge on any atom is 0.330 e. The Morgan fingerprint density at radius 2 is 1.07 bits per heavy atom. The highest BCUT2D eigenvalue weighted by Gasteiger charge is 2.33. The van der Waals surface area contributed by atoms with Crippen LogP contribution in [0.3, 0.4) is 0 Å². The molecule has 0 aromatic rings. The average molecular weight is 585 g/mol. The molecule has 41 heavy (non-hydrogen) atoms. The molecule has 0 aliphatic rings. The van der Waals surface area contributed by atoms with E-state index in [4.69, 9.17) is 28.4 Å². The molecule has 0 rings (SSSR count). The van der Waals surface area contributed by atoms with Crippen LogP contribution in [0.4, 0.5) is 0 Å². The highest BCUT2D eigenvalue weighted by atomic mass is 16.6. The minimum Gasteiger partial charge on any atom is -0.462 e. The maximum atomic E-state index is 12.7. The van der Waals surface area contributed by atoms with Crippen molar-refractivity contribution in [1.82, 2.24) is 0 Å². The van der Waals surface area contributed by atoms with Crippen molar-refractivity contribution in [1.29, 1.82) is 0 Å². The van der Waals surface area contributed by atoms with Gasteiger partial charge in [-0.15, -0.1) is 0 Å². The Kier molecular flexibility index (Phi) is 17.8. The first-order valence-electron chi connectivity index (χ1n) is 13.4. The lowest BCUT2D eigenvalue weighted by atomic mass is 9.96. The lowest BCUT2D eigenvalue weighted by molar-refractivity contribution is -0.166. The number of ether oxygens (including phenoxy) is 6. The third kappa shape index (κ3) is 19.2. The molecule has 0 aromatic carbocycles. The van der Waals surface area contributed by atoms with Gasteiger partial charge in [0.05, 0.1) is 6.10 Å². The van der Waals surface area contributed by atoms with Gasteiger partial charge in [-0.05, 0) is 47.5 Å². The van der Waals surface area contributed by atoms with Crippen LogP contribution in [0.25, 0.3) is 0 Å². The van der Waals surface area contributed by atoms with Crippen molar-refractivity contribution < 1.29 is 57.2 Å². The van der Waals surface area contributed by atoms with Crippen LogP contribution < -0.4 is 0 Å². The van der Waals surface area contributed by atoms with Crippen molar-refractivity contribution in [2.45, 2.75) is 96.9 Å². The van der Waals surface area contributed by atoms with E-state index in [1.54, 1.807) is 34.6 Å². The van der Waals surface area contributed by atoms with Crippen LogP contribution in [-0.4, -0.2) is 79.4 Å². The average Bonchev–Trinajstić information content (AvgIpc) is 2.87. The third-order valence-electron chi connectivity index (χ3n) is 5.40. The molecule has 0 fully saturated rings. The Balaban J connectivity index is 4.33. The van der Waals surface area contributed by atoms with E-state index in [1.165, 1.54) is 0 Å². The number of esters is 5. The van der Waals surface area contributed by atoms with E-state index in [0.29, 0.717) is 6.42 Å². The van der Waals surface area contributed by atoms with Gasteiger partial charge in [0.1, 0.15) is 37.6 Å². The summed E-state index contributed by atoms with van der Waals surface area (Å²) in [7, 11) is 0. The number of Topliss-reactive ketones (excluding diaryl/α,β-unsaturated/α-hetero) is 1. The lowest BCUT2D eigenvalue weighted by Gasteiger charge is -2.33. The van der Waals surface area contributed by atoms with Gasteiger partial charge in [0.2, 0.25) is 0 Å². The summed E-state index contributed by atoms with van der Waals surface area (Å²) in [5, 5.41) is 0. The highest BCUT2D eigenvalue weighted by molar-refractivity contribution is 5.86. The summed E-state index contributed by atoms with van der Waals surface area (Å²) in [4.78, 5) is 70.3. The minimum atomic E-state index is -1.13. The molecule has 232 valence electrons. The Hall–Kier alpha value is -3.54. The fraction of sp³-hybridized carbons (Fsp3) is 0.655. The fourth-order valence-electron chi connectivity index (χ4n) is 3.63. The Bertz CT molecular complexity index is 919. The van der Waals surface area contributed by atoms with Gasteiger partial charge in [-0.3, -0.25) is 19.2 Å². The SMILES string of the molecule is C=CC(=O)OCCOC(=O)CCCC(=O)OC(C)(C)CC(C)OC(C)(C)C(=O)CCCC(=O)OCCOC(=O)C=C. The van der Waals surface area contributed by atoms with Gasteiger partial charge < -0.3 is 28.4 Å². The number of carbonyl (C=O) groups is 6. The van der Waals surface area contributed by atoms with Crippen LogP contribution >= 0.6 is 0 Å². The van der Waals surface area contributed by atoms with Crippen LogP contribution in [0.15, 0.2) is 25.3 Å². The molecule has 0 spiro atoms. The number of rotatable bonds is 22. The van der Waals surface area contributed by atoms with Crippen molar-refractivity contribution in [3.05, 3.63) is 25.3 Å². The van der Waals surface area contributed by atoms with Crippen molar-refractivity contribution in [3.63, 3.8) is 0 Å². The van der Waals surface area contributed by atoms with E-state index in [1.807, 2.05) is 0 Å². The van der Waals surface area contributed by atoms with E-state index in [2.05, 4.69) is 13.2 Å². The molecule has 0 radical (unpaired) electrons. The normalized spacial score (nSPS) is 11.9. The molecule has 0 aliphatic heterocycles. The molecule has 12 nitrogen and oxygen atoms in total. The van der Waals surface area contributed by atoms with Gasteiger partial charge in [-0.2, -0.15) is 0 Å². The maximum absolute atomic E-state index is 12.7. The van der Waals surface area contributed by atoms with E-state index >= 15 is 0 Å². The van der Waals surface area contributed by atoms with Crippen molar-refractivity contribution >= 4 is 35.6 Å². The number of hydrogen-bond acceptors (Lipinski definition) is 12. The van der Waals surface area contributed by atoms with Crippen molar-refractivity contribution in [3.8, 4) is 0 Å². The van der Waals surface area contributed by atoms with Gasteiger partial charge in [0.15, 0.2) is 5.78 Å². The second-order valence-electron chi connectivity index (χ2n) is 10.2. The monoisotopic (exact) mass is 584 g/mol. The molecule has 12 heteroatoms. The molecule has 1 unspecified atom stereocenters. The van der Waals surface area contributed by atoms with E-state index < -0.39 is 47.2 Å². The summed E-state index contributed by atoms with van der Waals surface area (Å²) in [6.45, 7) is 14.7. The molecule has 0 aliphatic carbocycles. The molecule has 0 saturated heterocycles. The second kappa shape index (κ2) is 19.5. The summed E-state index contributed by atoms with van der Waals surface area (Å²) in [5.41, 5.74) is -2.03. The summed E-state index contributed by atoms with van der Waals surface area (Å²) in [6, 6.07) is 0. The highest BCUT2D eigenvalue weighted by Crippen LogP contribution is 2.25. The molecule has 0 heterocycles. The van der Waals surface area contributed by atoms with E-state index in [-0.39, 0.29) is 70.7 Å². The fourth-order valence-corrected chi connectivity index (χ4v) is 3.63. The quantitative estimate of drug-likeness (QED) is 0.0792. The summed E-state index contributed by atoms with van der Waals surface area (Å²) >= 11 is 0. The molecule has 0 aromatic heterocycles. The first-order valence-corrected chi connectivity index (χ1v) is 13.4. The van der Waals surface area contributed by atoms with E-state index in [9.17, 15) is 28.8 Å². The van der Waals surface area contributed by atoms with Gasteiger partial charge in [0.25, 0.3) is 0 Å². The topological polar surface area (TPSA) is 158 Å². The smallest absolute Gasteiger partial charge is 0.330 e. The molecule has 0 N–H and O–H groups in total. The zero-order chi connectivity index (χ0) is 31.5. The molecular weight excluding hydrogens is 540 g/mol. The number of hydrogen-bond donors (Lipinski definition) is 0. The third-order valence-corrected chi connectivity index (χ3v) is 5.40. The van der Waals surface area contributed by atoms with Crippen LogP contribution in [0.5, 0.6) is 0 Å². The van der Waals surface area contributed by atoms with Crippen LogP contribution in [0.1, 0.15) is 79.6 Å². The molecule has 0 bridgehead atoms. The Morgan fingerprint density at radius 3 is 1.54 bits per heavy atom. The van der Waals surface area contributed by atoms with Gasteiger partial charge in [0, 0.05) is 44.3 Å². The van der Waals surface area contributed by atoms with Crippen molar-refractivity contribution in [2.75, 3.05) is 26.4 Å². The van der Waals surface area contributed by atoms with Crippen LogP contribution in [0.2, 0.25) is 0 Å². The molecule has 0 saturated carbocycles. The van der Waals surface area contributed by atoms with Crippen LogP contribution in [-0.2, 0) is 57.2 Å². The zero-order valence-corrected chi connectivity index (χ0v) is 24.8. The number of ketones is 1. The standard InChI is InChI=1S/C29H44O12/c1-8-23(31)36-16-18-38-25(33)13-10-12-22(30)29(6,7)40-21(3)20-28(4,5)41-27(35)15-11-14-26(34)39-19-17-37-24(32)9-2/h8-9,21H,1-2,10-20H2,3-7H3. The minimum absolute atomic E-state index is 0.00360. The molecular formula is C29H44O12. The van der Waals surface area contributed by atoms with E-state index in [0.717, 1.165) is 12.2 Å². The summed E-state index contributed by atoms with van der Waals surface area (Å²) < 4.78 is 30.8. The zero-order valence-electron chi connectivity index (χ0n) is 24.8. The van der Waals surface area contributed by atoms with Crippen molar-refractivity contribution in [2.24, 2.45) is 0 Å². The van der Waals surface area contributed by atoms with Gasteiger partial charge >= 0.3 is 29.8 Å². The summed E-state index contributed by atoms with van der Waals surface area (Å²) in [5.74, 6) is -2.94. The summed E-state index contributed by atoms with van der Waals surface area (Å²) in [6.07, 6.45) is 2.51. The molecule has 0 amide bonds. The number of carbonyl (C=O) groups excluding carboxylic acids is 6. The Labute approximate surface area is 241 Å². The predicted molar refractivity (Wildman–Crippen MR) is 146 cm³/mol. The van der Waals surface area contributed by atoms with Gasteiger partial charge in [-0.1, -0.05) is 13.2 Å². The predicted octanol–water partition coefficient (Wildman–Crippen LogP) is 3.34. The van der Waals surface area contributed by atoms with Gasteiger partial charge in [-0.25, -0.2) is 9.59 Å². The largest absolute Gasteiger partial charge is 0.462 e.